The maximum Gasteiger partial charge on any atom is 0.191 e. The Hall–Kier alpha value is -1.91. The normalized spacial score (nSPS) is 15.9. The van der Waals surface area contributed by atoms with Gasteiger partial charge in [-0.1, -0.05) is 18.2 Å². The van der Waals surface area contributed by atoms with Crippen molar-refractivity contribution in [1.82, 2.24) is 10.6 Å². The monoisotopic (exact) mass is 557 g/mol. The fraction of sp³-hybridized carbons (Fsp3) is 0.458. The molecule has 2 aromatic carbocycles. The van der Waals surface area contributed by atoms with Crippen molar-refractivity contribution < 1.29 is 19.0 Å². The third kappa shape index (κ3) is 7.90. The average Bonchev–Trinajstić information content (AvgIpc) is 3.29. The van der Waals surface area contributed by atoms with E-state index < -0.39 is 5.82 Å². The highest BCUT2D eigenvalue weighted by Crippen LogP contribution is 2.22. The summed E-state index contributed by atoms with van der Waals surface area (Å²) in [5, 5.41) is 15.8. The Morgan fingerprint density at radius 2 is 2.06 bits per heavy atom. The number of aliphatic hydroxyl groups is 1. The molecule has 0 bridgehead atoms. The second-order valence-corrected chi connectivity index (χ2v) is 7.78. The SMILES string of the molecule is CCNC(=NCc1ccc(F)c(CO)c1)NCc1ccc(C)cc1OCC1CCOC1.I. The van der Waals surface area contributed by atoms with Gasteiger partial charge in [-0.15, -0.1) is 24.0 Å². The van der Waals surface area contributed by atoms with Gasteiger partial charge in [0.15, 0.2) is 5.96 Å². The van der Waals surface area contributed by atoms with Gasteiger partial charge >= 0.3 is 0 Å². The topological polar surface area (TPSA) is 75.1 Å². The fourth-order valence-corrected chi connectivity index (χ4v) is 3.40. The first-order valence-electron chi connectivity index (χ1n) is 10.8. The predicted octanol–water partition coefficient (Wildman–Crippen LogP) is 3.92. The zero-order valence-corrected chi connectivity index (χ0v) is 21.0. The number of ether oxygens (including phenoxy) is 2. The minimum absolute atomic E-state index is 0. The quantitative estimate of drug-likeness (QED) is 0.248. The summed E-state index contributed by atoms with van der Waals surface area (Å²) in [4.78, 5) is 4.59. The van der Waals surface area contributed by atoms with E-state index in [9.17, 15) is 9.50 Å². The molecule has 1 aliphatic heterocycles. The van der Waals surface area contributed by atoms with Gasteiger partial charge < -0.3 is 25.2 Å². The third-order valence-corrected chi connectivity index (χ3v) is 5.21. The van der Waals surface area contributed by atoms with Gasteiger partial charge in [0, 0.05) is 36.7 Å². The first kappa shape index (κ1) is 26.3. The number of rotatable bonds is 9. The number of halogens is 2. The van der Waals surface area contributed by atoms with Crippen LogP contribution in [0.25, 0.3) is 0 Å². The molecule has 1 heterocycles. The van der Waals surface area contributed by atoms with Crippen molar-refractivity contribution in [1.29, 1.82) is 0 Å². The molecule has 1 fully saturated rings. The zero-order chi connectivity index (χ0) is 22.1. The first-order valence-corrected chi connectivity index (χ1v) is 10.8. The number of aliphatic hydroxyl groups excluding tert-OH is 1. The molecule has 0 spiro atoms. The van der Waals surface area contributed by atoms with E-state index in [2.05, 4.69) is 40.7 Å². The lowest BCUT2D eigenvalue weighted by molar-refractivity contribution is 0.166. The van der Waals surface area contributed by atoms with Crippen LogP contribution in [0.4, 0.5) is 4.39 Å². The maximum absolute atomic E-state index is 13.6. The Morgan fingerprint density at radius 3 is 2.78 bits per heavy atom. The molecule has 0 radical (unpaired) electrons. The highest BCUT2D eigenvalue weighted by atomic mass is 127. The van der Waals surface area contributed by atoms with Gasteiger partial charge in [-0.05, 0) is 49.6 Å². The predicted molar refractivity (Wildman–Crippen MR) is 135 cm³/mol. The van der Waals surface area contributed by atoms with E-state index in [0.29, 0.717) is 31.6 Å². The second kappa shape index (κ2) is 13.6. The van der Waals surface area contributed by atoms with Crippen LogP contribution in [0, 0.1) is 18.7 Å². The summed E-state index contributed by atoms with van der Waals surface area (Å²) < 4.78 is 25.1. The van der Waals surface area contributed by atoms with Gasteiger partial charge in [0.05, 0.1) is 26.4 Å². The van der Waals surface area contributed by atoms with E-state index in [1.807, 2.05) is 6.92 Å². The van der Waals surface area contributed by atoms with E-state index in [0.717, 1.165) is 48.6 Å². The van der Waals surface area contributed by atoms with Crippen molar-refractivity contribution in [3.63, 3.8) is 0 Å². The minimum atomic E-state index is -0.406. The van der Waals surface area contributed by atoms with Crippen LogP contribution >= 0.6 is 24.0 Å². The smallest absolute Gasteiger partial charge is 0.191 e. The molecular weight excluding hydrogens is 524 g/mol. The first-order chi connectivity index (χ1) is 15.1. The molecule has 0 amide bonds. The van der Waals surface area contributed by atoms with Crippen molar-refractivity contribution in [2.75, 3.05) is 26.4 Å². The number of hydrogen-bond acceptors (Lipinski definition) is 4. The van der Waals surface area contributed by atoms with Crippen molar-refractivity contribution >= 4 is 29.9 Å². The molecule has 1 aliphatic rings. The molecular formula is C24H33FIN3O3. The molecule has 1 saturated heterocycles. The Balaban J connectivity index is 0.00000363. The highest BCUT2D eigenvalue weighted by molar-refractivity contribution is 14.0. The van der Waals surface area contributed by atoms with E-state index >= 15 is 0 Å². The lowest BCUT2D eigenvalue weighted by Gasteiger charge is -2.17. The number of aryl methyl sites for hydroxylation is 1. The summed E-state index contributed by atoms with van der Waals surface area (Å²) in [6, 6.07) is 10.9. The number of nitrogens with one attached hydrogen (secondary N) is 2. The van der Waals surface area contributed by atoms with E-state index in [4.69, 9.17) is 9.47 Å². The molecule has 8 heteroatoms. The average molecular weight is 557 g/mol. The van der Waals surface area contributed by atoms with Crippen LogP contribution in [0.2, 0.25) is 0 Å². The van der Waals surface area contributed by atoms with Gasteiger partial charge in [0.1, 0.15) is 11.6 Å². The van der Waals surface area contributed by atoms with Crippen molar-refractivity contribution in [3.05, 3.63) is 64.5 Å². The molecule has 1 unspecified atom stereocenters. The van der Waals surface area contributed by atoms with E-state index in [1.54, 1.807) is 12.1 Å². The lowest BCUT2D eigenvalue weighted by atomic mass is 10.1. The summed E-state index contributed by atoms with van der Waals surface area (Å²) in [6.07, 6.45) is 1.04. The summed E-state index contributed by atoms with van der Waals surface area (Å²) >= 11 is 0. The number of benzene rings is 2. The van der Waals surface area contributed by atoms with Crippen LogP contribution in [0.5, 0.6) is 5.75 Å². The van der Waals surface area contributed by atoms with Gasteiger partial charge in [-0.25, -0.2) is 9.38 Å². The Bertz CT molecular complexity index is 889. The third-order valence-electron chi connectivity index (χ3n) is 5.21. The van der Waals surface area contributed by atoms with Crippen LogP contribution in [0.1, 0.15) is 35.6 Å². The number of aliphatic imine (C=N–C) groups is 1. The van der Waals surface area contributed by atoms with Gasteiger partial charge in [-0.3, -0.25) is 0 Å². The van der Waals surface area contributed by atoms with Gasteiger partial charge in [-0.2, -0.15) is 0 Å². The second-order valence-electron chi connectivity index (χ2n) is 7.78. The molecule has 0 aliphatic carbocycles. The van der Waals surface area contributed by atoms with Gasteiger partial charge in [0.25, 0.3) is 0 Å². The van der Waals surface area contributed by atoms with E-state index in [1.165, 1.54) is 6.07 Å². The molecule has 3 N–H and O–H groups in total. The molecule has 0 aromatic heterocycles. The Kier molecular flexibility index (Phi) is 11.2. The van der Waals surface area contributed by atoms with Crippen LogP contribution < -0.4 is 15.4 Å². The van der Waals surface area contributed by atoms with Gasteiger partial charge in [0.2, 0.25) is 0 Å². The zero-order valence-electron chi connectivity index (χ0n) is 18.7. The summed E-state index contributed by atoms with van der Waals surface area (Å²) in [5.41, 5.74) is 3.32. The molecule has 2 aromatic rings. The molecule has 176 valence electrons. The summed E-state index contributed by atoms with van der Waals surface area (Å²) in [7, 11) is 0. The molecule has 32 heavy (non-hydrogen) atoms. The maximum atomic E-state index is 13.6. The summed E-state index contributed by atoms with van der Waals surface area (Å²) in [6.45, 7) is 7.62. The van der Waals surface area contributed by atoms with Crippen LogP contribution in [-0.4, -0.2) is 37.4 Å². The minimum Gasteiger partial charge on any atom is -0.493 e. The van der Waals surface area contributed by atoms with Crippen molar-refractivity contribution in [2.24, 2.45) is 10.9 Å². The molecule has 6 nitrogen and oxygen atoms in total. The standard InChI is InChI=1S/C24H32FN3O3.HI/c1-3-26-24(27-12-18-5-7-22(25)21(11-18)14-29)28-13-20-6-4-17(2)10-23(20)31-16-19-8-9-30-15-19;/h4-7,10-11,19,29H,3,8-9,12-16H2,1-2H3,(H2,26,27,28);1H. The Morgan fingerprint density at radius 1 is 1.22 bits per heavy atom. The number of hydrogen-bond donors (Lipinski definition) is 3. The summed E-state index contributed by atoms with van der Waals surface area (Å²) in [5.74, 6) is 1.57. The molecule has 3 rings (SSSR count). The van der Waals surface area contributed by atoms with Crippen LogP contribution in [0.3, 0.4) is 0 Å². The largest absolute Gasteiger partial charge is 0.493 e. The Labute approximate surface area is 206 Å². The fourth-order valence-electron chi connectivity index (χ4n) is 3.40. The highest BCUT2D eigenvalue weighted by Gasteiger charge is 2.17. The molecule has 1 atom stereocenters. The van der Waals surface area contributed by atoms with Crippen molar-refractivity contribution in [3.8, 4) is 5.75 Å². The number of guanidine groups is 1. The molecule has 0 saturated carbocycles. The van der Waals surface area contributed by atoms with Crippen LogP contribution in [-0.2, 0) is 24.4 Å². The van der Waals surface area contributed by atoms with Crippen molar-refractivity contribution in [2.45, 2.75) is 40.0 Å². The number of nitrogens with zero attached hydrogens (tertiary/aromatic N) is 1. The van der Waals surface area contributed by atoms with E-state index in [-0.39, 0.29) is 36.1 Å². The van der Waals surface area contributed by atoms with Crippen LogP contribution in [0.15, 0.2) is 41.4 Å². The lowest BCUT2D eigenvalue weighted by Crippen LogP contribution is -2.36.